The van der Waals surface area contributed by atoms with E-state index in [2.05, 4.69) is 20.3 Å². The molecule has 0 amide bonds. The van der Waals surface area contributed by atoms with E-state index in [-0.39, 0.29) is 0 Å². The molecule has 0 unspecified atom stereocenters. The van der Waals surface area contributed by atoms with Crippen molar-refractivity contribution < 1.29 is 14.7 Å². The van der Waals surface area contributed by atoms with Gasteiger partial charge >= 0.3 is 0 Å². The highest BCUT2D eigenvalue weighted by Gasteiger charge is 2.14. The van der Waals surface area contributed by atoms with Crippen molar-refractivity contribution in [3.63, 3.8) is 0 Å². The number of anilines is 1. The van der Waals surface area contributed by atoms with Crippen LogP contribution >= 0.6 is 11.8 Å². The maximum Gasteiger partial charge on any atom is 0.162 e. The summed E-state index contributed by atoms with van der Waals surface area (Å²) in [5, 5.41) is 10.9. The van der Waals surface area contributed by atoms with Crippen LogP contribution in [0.3, 0.4) is 0 Å². The highest BCUT2D eigenvalue weighted by atomic mass is 32.2. The van der Waals surface area contributed by atoms with Gasteiger partial charge in [-0.25, -0.2) is 9.97 Å². The summed E-state index contributed by atoms with van der Waals surface area (Å²) in [6.07, 6.45) is 5.41. The molecule has 158 valence electrons. The van der Waals surface area contributed by atoms with Gasteiger partial charge in [-0.05, 0) is 50.2 Å². The standard InChI is InChI=1S/C22H26N4O3S/c1-28-20-14-19-18(13-21(20)29-11-10-26-8-3-2-4-9-26)22(24-15-23-19)30-17-7-5-6-16(12-17)25-27/h5-7,12-15,25,27H,2-4,8-11H2,1H3. The number of rotatable bonds is 8. The molecule has 0 radical (unpaired) electrons. The second-order valence-corrected chi connectivity index (χ2v) is 8.25. The third-order valence-electron chi connectivity index (χ3n) is 5.18. The Hall–Kier alpha value is -2.55. The highest BCUT2D eigenvalue weighted by Crippen LogP contribution is 2.37. The zero-order chi connectivity index (χ0) is 20.8. The molecule has 0 saturated carbocycles. The van der Waals surface area contributed by atoms with Gasteiger partial charge in [-0.15, -0.1) is 0 Å². The Balaban J connectivity index is 1.56. The van der Waals surface area contributed by atoms with Crippen molar-refractivity contribution in [3.8, 4) is 11.5 Å². The molecule has 7 nitrogen and oxygen atoms in total. The number of nitrogens with one attached hydrogen (secondary N) is 1. The summed E-state index contributed by atoms with van der Waals surface area (Å²) in [6, 6.07) is 11.4. The Bertz CT molecular complexity index is 995. The van der Waals surface area contributed by atoms with Gasteiger partial charge < -0.3 is 9.47 Å². The fraction of sp³-hybridized carbons (Fsp3) is 0.364. The number of nitrogens with zero attached hydrogens (tertiary/aromatic N) is 3. The predicted molar refractivity (Wildman–Crippen MR) is 118 cm³/mol. The minimum absolute atomic E-state index is 0.613. The molecule has 4 rings (SSSR count). The minimum atomic E-state index is 0.613. The molecule has 3 aromatic rings. The van der Waals surface area contributed by atoms with E-state index in [1.807, 2.05) is 30.3 Å². The lowest BCUT2D eigenvalue weighted by molar-refractivity contribution is 0.181. The van der Waals surface area contributed by atoms with Crippen LogP contribution in [0, 0.1) is 0 Å². The Labute approximate surface area is 180 Å². The maximum atomic E-state index is 9.15. The summed E-state index contributed by atoms with van der Waals surface area (Å²) in [6.45, 7) is 3.82. The lowest BCUT2D eigenvalue weighted by atomic mass is 10.1. The summed E-state index contributed by atoms with van der Waals surface area (Å²) in [5.74, 6) is 1.37. The summed E-state index contributed by atoms with van der Waals surface area (Å²) in [5.41, 5.74) is 3.60. The van der Waals surface area contributed by atoms with E-state index in [0.29, 0.717) is 23.8 Å². The monoisotopic (exact) mass is 426 g/mol. The van der Waals surface area contributed by atoms with E-state index in [9.17, 15) is 0 Å². The van der Waals surface area contributed by atoms with E-state index in [4.69, 9.17) is 14.7 Å². The largest absolute Gasteiger partial charge is 0.493 e. The van der Waals surface area contributed by atoms with Gasteiger partial charge in [0.05, 0.1) is 18.3 Å². The smallest absolute Gasteiger partial charge is 0.162 e. The van der Waals surface area contributed by atoms with Crippen LogP contribution in [0.5, 0.6) is 11.5 Å². The van der Waals surface area contributed by atoms with Crippen LogP contribution in [0.1, 0.15) is 19.3 Å². The van der Waals surface area contributed by atoms with Gasteiger partial charge in [0, 0.05) is 22.9 Å². The number of benzene rings is 2. The number of fused-ring (bicyclic) bond motifs is 1. The molecule has 0 bridgehead atoms. The highest BCUT2D eigenvalue weighted by molar-refractivity contribution is 7.99. The number of methoxy groups -OCH3 is 1. The van der Waals surface area contributed by atoms with Crippen molar-refractivity contribution in [1.82, 2.24) is 14.9 Å². The third-order valence-corrected chi connectivity index (χ3v) is 6.18. The van der Waals surface area contributed by atoms with Crippen LogP contribution in [0.4, 0.5) is 5.69 Å². The van der Waals surface area contributed by atoms with Gasteiger partial charge in [0.1, 0.15) is 18.0 Å². The van der Waals surface area contributed by atoms with Gasteiger partial charge in [-0.3, -0.25) is 15.6 Å². The molecule has 2 heterocycles. The molecule has 1 saturated heterocycles. The molecule has 0 aliphatic carbocycles. The van der Waals surface area contributed by atoms with Gasteiger partial charge in [-0.1, -0.05) is 24.2 Å². The van der Waals surface area contributed by atoms with Crippen LogP contribution in [0.25, 0.3) is 10.9 Å². The summed E-state index contributed by atoms with van der Waals surface area (Å²) in [4.78, 5) is 12.3. The van der Waals surface area contributed by atoms with E-state index in [1.165, 1.54) is 31.0 Å². The molecule has 2 aromatic carbocycles. The topological polar surface area (TPSA) is 79.7 Å². The molecule has 1 aromatic heterocycles. The SMILES string of the molecule is COc1cc2ncnc(Sc3cccc(NO)c3)c2cc1OCCN1CCCCC1. The van der Waals surface area contributed by atoms with Crippen molar-refractivity contribution in [2.75, 3.05) is 38.8 Å². The Morgan fingerprint density at radius 3 is 2.77 bits per heavy atom. The summed E-state index contributed by atoms with van der Waals surface area (Å²) < 4.78 is 11.6. The van der Waals surface area contributed by atoms with Crippen molar-refractivity contribution in [3.05, 3.63) is 42.7 Å². The molecule has 30 heavy (non-hydrogen) atoms. The van der Waals surface area contributed by atoms with Crippen molar-refractivity contribution in [2.24, 2.45) is 0 Å². The average molecular weight is 427 g/mol. The second kappa shape index (κ2) is 9.97. The van der Waals surface area contributed by atoms with Crippen LogP contribution in [0.15, 0.2) is 52.6 Å². The number of piperidine rings is 1. The predicted octanol–water partition coefficient (Wildman–Crippen LogP) is 4.46. The zero-order valence-electron chi connectivity index (χ0n) is 17.0. The third kappa shape index (κ3) is 4.95. The summed E-state index contributed by atoms with van der Waals surface area (Å²) >= 11 is 1.51. The lowest BCUT2D eigenvalue weighted by Gasteiger charge is -2.26. The number of hydrogen-bond donors (Lipinski definition) is 2. The van der Waals surface area contributed by atoms with Crippen LogP contribution in [-0.2, 0) is 0 Å². The second-order valence-electron chi connectivity index (χ2n) is 7.19. The van der Waals surface area contributed by atoms with E-state index < -0.39 is 0 Å². The Morgan fingerprint density at radius 1 is 1.10 bits per heavy atom. The molecule has 1 aliphatic rings. The molecule has 1 fully saturated rings. The normalized spacial score (nSPS) is 14.6. The van der Waals surface area contributed by atoms with E-state index in [0.717, 1.165) is 40.5 Å². The van der Waals surface area contributed by atoms with Gasteiger partial charge in [0.2, 0.25) is 0 Å². The zero-order valence-corrected chi connectivity index (χ0v) is 17.8. The first-order valence-corrected chi connectivity index (χ1v) is 10.9. The fourth-order valence-electron chi connectivity index (χ4n) is 3.60. The molecule has 8 heteroatoms. The van der Waals surface area contributed by atoms with Crippen LogP contribution in [0.2, 0.25) is 0 Å². The molecule has 0 spiro atoms. The van der Waals surface area contributed by atoms with E-state index >= 15 is 0 Å². The molecule has 0 atom stereocenters. The summed E-state index contributed by atoms with van der Waals surface area (Å²) in [7, 11) is 1.64. The lowest BCUT2D eigenvalue weighted by Crippen LogP contribution is -2.33. The van der Waals surface area contributed by atoms with Gasteiger partial charge in [0.25, 0.3) is 0 Å². The number of aromatic nitrogens is 2. The average Bonchev–Trinajstić information content (AvgIpc) is 2.80. The fourth-order valence-corrected chi connectivity index (χ4v) is 4.53. The first kappa shape index (κ1) is 20.7. The van der Waals surface area contributed by atoms with E-state index in [1.54, 1.807) is 19.5 Å². The van der Waals surface area contributed by atoms with Crippen LogP contribution < -0.4 is 15.0 Å². The maximum absolute atomic E-state index is 9.15. The molecule has 2 N–H and O–H groups in total. The Kier molecular flexibility index (Phi) is 6.88. The number of likely N-dealkylation sites (tertiary alicyclic amines) is 1. The van der Waals surface area contributed by atoms with Crippen molar-refractivity contribution in [1.29, 1.82) is 0 Å². The molecular formula is C22H26N4O3S. The first-order chi connectivity index (χ1) is 14.8. The number of ether oxygens (including phenoxy) is 2. The number of hydrogen-bond acceptors (Lipinski definition) is 8. The first-order valence-electron chi connectivity index (χ1n) is 10.1. The Morgan fingerprint density at radius 2 is 1.97 bits per heavy atom. The van der Waals surface area contributed by atoms with Crippen molar-refractivity contribution >= 4 is 28.4 Å². The van der Waals surface area contributed by atoms with Gasteiger partial charge in [-0.2, -0.15) is 0 Å². The van der Waals surface area contributed by atoms with Gasteiger partial charge in [0.15, 0.2) is 11.5 Å². The molecule has 1 aliphatic heterocycles. The molecular weight excluding hydrogens is 400 g/mol. The van der Waals surface area contributed by atoms with Crippen molar-refractivity contribution in [2.45, 2.75) is 29.2 Å². The minimum Gasteiger partial charge on any atom is -0.493 e. The quantitative estimate of drug-likeness (QED) is 0.404. The van der Waals surface area contributed by atoms with Crippen LogP contribution in [-0.4, -0.2) is 53.4 Å².